The van der Waals surface area contributed by atoms with Crippen LogP contribution in [0.15, 0.2) is 109 Å². The standard InChI is InChI=1S/C68H119N2O7P/c1-7-10-13-16-19-22-25-27-29-31-32-33-34-35-36-37-38-39-41-43-46-49-52-55-58-61-68(72)77-66(59-56-53-50-47-44-24-21-18-15-12-9-3)65(64-76-78(73,74)75-63-62-70(4,5)6)69-67(71)60-57-54-51-48-45-42-40-30-28-26-23-20-17-14-11-8-2/h10-11,13-14,19-20,22-23,27-30,32-33,35-36,56,59,65-66H,7-9,12,15-18,21,24-26,31,34,37-55,57-58,60-64H2,1-6H3,(H-,69,71,73,74)/b13-10-,14-11+,22-19-,23-20+,29-27-,30-28+,33-32-,36-35-,59-56-. The van der Waals surface area contributed by atoms with Gasteiger partial charge in [-0.15, -0.1) is 0 Å². The highest BCUT2D eigenvalue weighted by molar-refractivity contribution is 7.45. The third-order valence-corrected chi connectivity index (χ3v) is 14.4. The highest BCUT2D eigenvalue weighted by atomic mass is 31.2. The summed E-state index contributed by atoms with van der Waals surface area (Å²) >= 11 is 0. The Balaban J connectivity index is 5.16. The first kappa shape index (κ1) is 74.7. The van der Waals surface area contributed by atoms with Crippen LogP contribution in [-0.4, -0.2) is 69.4 Å². The molecule has 9 nitrogen and oxygen atoms in total. The van der Waals surface area contributed by atoms with Crippen molar-refractivity contribution >= 4 is 19.7 Å². The fourth-order valence-corrected chi connectivity index (χ4v) is 9.34. The van der Waals surface area contributed by atoms with Crippen molar-refractivity contribution in [3.63, 3.8) is 0 Å². The molecule has 0 aromatic heterocycles. The SMILES string of the molecule is CC/C=C\C/C=C\C/C=C\C/C=C\C/C=C\CCCCCCCCCCCC(=O)OC(/C=C\CCCCCCCCCCC)C(COP(=O)([O-])OCC[N+](C)(C)C)NC(=O)CCCCCCCC/C=C/C/C=C/C/C=C/CC. The molecule has 0 aromatic carbocycles. The number of carbonyl (C=O) groups is 2. The number of hydrogen-bond donors (Lipinski definition) is 1. The van der Waals surface area contributed by atoms with E-state index in [2.05, 4.69) is 123 Å². The first-order valence-corrected chi connectivity index (χ1v) is 33.2. The van der Waals surface area contributed by atoms with E-state index in [0.29, 0.717) is 17.4 Å². The number of phosphoric ester groups is 1. The molecule has 1 amide bonds. The van der Waals surface area contributed by atoms with Gasteiger partial charge >= 0.3 is 5.97 Å². The van der Waals surface area contributed by atoms with Crippen molar-refractivity contribution in [2.24, 2.45) is 0 Å². The van der Waals surface area contributed by atoms with E-state index in [9.17, 15) is 19.0 Å². The van der Waals surface area contributed by atoms with E-state index in [1.807, 2.05) is 33.3 Å². The number of carbonyl (C=O) groups excluding carboxylic acids is 2. The number of hydrogen-bond acceptors (Lipinski definition) is 7. The highest BCUT2D eigenvalue weighted by Gasteiger charge is 2.27. The van der Waals surface area contributed by atoms with Crippen molar-refractivity contribution in [3.05, 3.63) is 109 Å². The molecule has 0 aliphatic rings. The van der Waals surface area contributed by atoms with Gasteiger partial charge in [0.25, 0.3) is 7.82 Å². The van der Waals surface area contributed by atoms with Gasteiger partial charge in [-0.2, -0.15) is 0 Å². The molecule has 3 atom stereocenters. The molecule has 0 aromatic rings. The third kappa shape index (κ3) is 57.4. The van der Waals surface area contributed by atoms with Crippen LogP contribution in [0, 0.1) is 0 Å². The molecule has 0 aliphatic heterocycles. The van der Waals surface area contributed by atoms with Gasteiger partial charge in [0, 0.05) is 12.8 Å². The number of quaternary nitrogens is 1. The van der Waals surface area contributed by atoms with Gasteiger partial charge in [-0.05, 0) is 109 Å². The lowest BCUT2D eigenvalue weighted by atomic mass is 10.0. The van der Waals surface area contributed by atoms with Gasteiger partial charge in [0.15, 0.2) is 0 Å². The van der Waals surface area contributed by atoms with Crippen LogP contribution in [0.3, 0.4) is 0 Å². The summed E-state index contributed by atoms with van der Waals surface area (Å²) in [5.41, 5.74) is 0. The molecule has 0 fully saturated rings. The molecule has 0 spiro atoms. The molecular weight excluding hydrogens is 988 g/mol. The Hall–Kier alpha value is -3.33. The van der Waals surface area contributed by atoms with Crippen molar-refractivity contribution in [1.82, 2.24) is 5.32 Å². The fourth-order valence-electron chi connectivity index (χ4n) is 8.62. The molecule has 0 aliphatic carbocycles. The second kappa shape index (κ2) is 56.9. The largest absolute Gasteiger partial charge is 0.756 e. The quantitative estimate of drug-likeness (QED) is 0.0212. The molecule has 0 rings (SSSR count). The number of allylic oxidation sites excluding steroid dienone is 17. The number of rotatable bonds is 56. The average molecular weight is 1110 g/mol. The molecule has 0 saturated heterocycles. The Morgan fingerprint density at radius 2 is 0.821 bits per heavy atom. The van der Waals surface area contributed by atoms with Crippen molar-refractivity contribution in [1.29, 1.82) is 0 Å². The van der Waals surface area contributed by atoms with Crippen molar-refractivity contribution in [2.75, 3.05) is 40.9 Å². The number of esters is 1. The molecule has 1 N–H and O–H groups in total. The van der Waals surface area contributed by atoms with Gasteiger partial charge in [-0.25, -0.2) is 0 Å². The number of unbranched alkanes of at least 4 members (excludes halogenated alkanes) is 24. The molecule has 3 unspecified atom stereocenters. The van der Waals surface area contributed by atoms with E-state index in [0.717, 1.165) is 148 Å². The first-order valence-electron chi connectivity index (χ1n) is 31.7. The van der Waals surface area contributed by atoms with Crippen molar-refractivity contribution < 1.29 is 37.3 Å². The van der Waals surface area contributed by atoms with E-state index >= 15 is 0 Å². The van der Waals surface area contributed by atoms with Crippen molar-refractivity contribution in [2.45, 2.75) is 270 Å². The van der Waals surface area contributed by atoms with E-state index in [1.165, 1.54) is 77.0 Å². The summed E-state index contributed by atoms with van der Waals surface area (Å²) in [6.45, 7) is 6.59. The summed E-state index contributed by atoms with van der Waals surface area (Å²) < 4.78 is 30.3. The van der Waals surface area contributed by atoms with Gasteiger partial charge in [0.05, 0.1) is 33.8 Å². The number of amides is 1. The zero-order valence-electron chi connectivity index (χ0n) is 51.1. The van der Waals surface area contributed by atoms with Crippen LogP contribution in [-0.2, 0) is 27.9 Å². The normalized spacial score (nSPS) is 14.4. The minimum absolute atomic E-state index is 0.0312. The van der Waals surface area contributed by atoms with Gasteiger partial charge in [-0.3, -0.25) is 14.2 Å². The molecule has 10 heteroatoms. The lowest BCUT2D eigenvalue weighted by Crippen LogP contribution is -2.47. The Labute approximate surface area is 481 Å². The summed E-state index contributed by atoms with van der Waals surface area (Å²) in [4.78, 5) is 40.0. The number of nitrogens with zero attached hydrogens (tertiary/aromatic N) is 1. The zero-order valence-corrected chi connectivity index (χ0v) is 52.0. The molecule has 0 heterocycles. The van der Waals surface area contributed by atoms with Crippen LogP contribution >= 0.6 is 7.82 Å². The lowest BCUT2D eigenvalue weighted by Gasteiger charge is -2.30. The van der Waals surface area contributed by atoms with Crippen molar-refractivity contribution in [3.8, 4) is 0 Å². The predicted octanol–water partition coefficient (Wildman–Crippen LogP) is 19.1. The number of phosphoric acid groups is 1. The molecule has 0 radical (unpaired) electrons. The van der Waals surface area contributed by atoms with E-state index in [-0.39, 0.29) is 24.9 Å². The zero-order chi connectivity index (χ0) is 57.2. The second-order valence-corrected chi connectivity index (χ2v) is 23.6. The maximum atomic E-state index is 13.5. The van der Waals surface area contributed by atoms with Gasteiger partial charge in [0.2, 0.25) is 5.91 Å². The first-order chi connectivity index (χ1) is 37.9. The topological polar surface area (TPSA) is 114 Å². The summed E-state index contributed by atoms with van der Waals surface area (Å²) in [7, 11) is 1.16. The average Bonchev–Trinajstić information content (AvgIpc) is 3.41. The predicted molar refractivity (Wildman–Crippen MR) is 334 cm³/mol. The summed E-state index contributed by atoms with van der Waals surface area (Å²) in [6, 6.07) is -0.904. The Morgan fingerprint density at radius 1 is 0.462 bits per heavy atom. The molecule has 78 heavy (non-hydrogen) atoms. The monoisotopic (exact) mass is 1110 g/mol. The summed E-state index contributed by atoms with van der Waals surface area (Å²) in [5.74, 6) is -0.568. The lowest BCUT2D eigenvalue weighted by molar-refractivity contribution is -0.870. The molecular formula is C68H119N2O7P. The van der Waals surface area contributed by atoms with Gasteiger partial charge < -0.3 is 28.5 Å². The molecule has 448 valence electrons. The Bertz CT molecular complexity index is 1700. The van der Waals surface area contributed by atoms with Crippen LogP contribution in [0.2, 0.25) is 0 Å². The van der Waals surface area contributed by atoms with E-state index in [1.54, 1.807) is 0 Å². The maximum Gasteiger partial charge on any atom is 0.306 e. The number of ether oxygens (including phenoxy) is 1. The summed E-state index contributed by atoms with van der Waals surface area (Å²) in [6.07, 6.45) is 77.7. The number of nitrogens with one attached hydrogen (secondary N) is 1. The minimum Gasteiger partial charge on any atom is -0.756 e. The van der Waals surface area contributed by atoms with Crippen LogP contribution < -0.4 is 10.2 Å². The van der Waals surface area contributed by atoms with Crippen LogP contribution in [0.1, 0.15) is 258 Å². The highest BCUT2D eigenvalue weighted by Crippen LogP contribution is 2.38. The fraction of sp³-hybridized carbons (Fsp3) is 0.706. The van der Waals surface area contributed by atoms with Gasteiger partial charge in [-0.1, -0.05) is 246 Å². The van der Waals surface area contributed by atoms with Crippen LogP contribution in [0.25, 0.3) is 0 Å². The van der Waals surface area contributed by atoms with Crippen LogP contribution in [0.5, 0.6) is 0 Å². The van der Waals surface area contributed by atoms with E-state index < -0.39 is 26.6 Å². The van der Waals surface area contributed by atoms with Crippen LogP contribution in [0.4, 0.5) is 0 Å². The number of likely N-dealkylation sites (N-methyl/N-ethyl adjacent to an activating group) is 1. The van der Waals surface area contributed by atoms with Gasteiger partial charge in [0.1, 0.15) is 19.3 Å². The molecule has 0 bridgehead atoms. The third-order valence-electron chi connectivity index (χ3n) is 13.4. The Kier molecular flexibility index (Phi) is 54.5. The Morgan fingerprint density at radius 3 is 1.23 bits per heavy atom. The smallest absolute Gasteiger partial charge is 0.306 e. The van der Waals surface area contributed by atoms with E-state index in [4.69, 9.17) is 13.8 Å². The minimum atomic E-state index is -4.71. The second-order valence-electron chi connectivity index (χ2n) is 22.1. The molecule has 0 saturated carbocycles. The maximum absolute atomic E-state index is 13.5. The summed E-state index contributed by atoms with van der Waals surface area (Å²) in [5, 5.41) is 3.02.